The zero-order valence-electron chi connectivity index (χ0n) is 20.7. The van der Waals surface area contributed by atoms with Crippen molar-refractivity contribution in [2.75, 3.05) is 13.1 Å². The second-order valence-electron chi connectivity index (χ2n) is 10.1. The Hall–Kier alpha value is -4.06. The highest BCUT2D eigenvalue weighted by atomic mass is 19.4. The average Bonchev–Trinajstić information content (AvgIpc) is 3.46. The lowest BCUT2D eigenvalue weighted by Gasteiger charge is -2.29. The molecule has 3 amide bonds. The summed E-state index contributed by atoms with van der Waals surface area (Å²) in [5.74, 6) is -1.51. The number of hydrogen-bond donors (Lipinski definition) is 1. The minimum absolute atomic E-state index is 0.0653. The zero-order valence-corrected chi connectivity index (χ0v) is 20.7. The van der Waals surface area contributed by atoms with Gasteiger partial charge in [-0.3, -0.25) is 24.6 Å². The number of carbonyl (C=O) groups is 3. The predicted molar refractivity (Wildman–Crippen MR) is 131 cm³/mol. The van der Waals surface area contributed by atoms with Gasteiger partial charge < -0.3 is 9.64 Å². The van der Waals surface area contributed by atoms with Gasteiger partial charge in [-0.05, 0) is 54.3 Å². The molecule has 2 atom stereocenters. The number of nitrogens with one attached hydrogen (secondary N) is 1. The van der Waals surface area contributed by atoms with Crippen LogP contribution in [0.25, 0.3) is 10.9 Å². The van der Waals surface area contributed by atoms with Gasteiger partial charge in [-0.25, -0.2) is 9.97 Å². The molecule has 6 rings (SSSR count). The molecular formula is C27H24F3N5O4. The van der Waals surface area contributed by atoms with E-state index in [0.29, 0.717) is 36.2 Å². The predicted octanol–water partition coefficient (Wildman–Crippen LogP) is 3.06. The van der Waals surface area contributed by atoms with Crippen molar-refractivity contribution in [2.24, 2.45) is 0 Å². The summed E-state index contributed by atoms with van der Waals surface area (Å²) in [5.41, 5.74) is 2.50. The monoisotopic (exact) mass is 539 g/mol. The number of benzene rings is 2. The molecule has 0 bridgehead atoms. The van der Waals surface area contributed by atoms with Crippen molar-refractivity contribution in [3.8, 4) is 5.75 Å². The van der Waals surface area contributed by atoms with Crippen molar-refractivity contribution in [3.63, 3.8) is 0 Å². The number of fused-ring (bicyclic) bond motifs is 2. The fraction of sp³-hybridized carbons (Fsp3) is 0.370. The van der Waals surface area contributed by atoms with Gasteiger partial charge in [0, 0.05) is 49.7 Å². The second-order valence-corrected chi connectivity index (χ2v) is 10.1. The summed E-state index contributed by atoms with van der Waals surface area (Å²) in [6.07, 6.45) is -2.14. The summed E-state index contributed by atoms with van der Waals surface area (Å²) in [4.78, 5) is 47.4. The minimum atomic E-state index is -4.58. The molecule has 1 unspecified atom stereocenters. The number of halogens is 3. The van der Waals surface area contributed by atoms with Gasteiger partial charge in [0.2, 0.25) is 17.6 Å². The largest absolute Gasteiger partial charge is 0.489 e. The van der Waals surface area contributed by atoms with Crippen LogP contribution in [0.2, 0.25) is 0 Å². The van der Waals surface area contributed by atoms with Crippen molar-refractivity contribution in [3.05, 3.63) is 65.1 Å². The maximum absolute atomic E-state index is 12.9. The van der Waals surface area contributed by atoms with Gasteiger partial charge in [-0.15, -0.1) is 0 Å². The van der Waals surface area contributed by atoms with Gasteiger partial charge in [0.25, 0.3) is 5.91 Å². The summed E-state index contributed by atoms with van der Waals surface area (Å²) < 4.78 is 44.8. The number of piperidine rings is 1. The number of alkyl halides is 3. The molecule has 2 aromatic carbocycles. The van der Waals surface area contributed by atoms with E-state index in [-0.39, 0.29) is 36.4 Å². The molecule has 2 saturated heterocycles. The number of aromatic nitrogens is 2. The number of amides is 3. The molecule has 39 heavy (non-hydrogen) atoms. The number of hydrogen-bond acceptors (Lipinski definition) is 7. The van der Waals surface area contributed by atoms with E-state index in [1.54, 1.807) is 30.3 Å². The highest BCUT2D eigenvalue weighted by Gasteiger charge is 2.39. The Morgan fingerprint density at radius 3 is 2.72 bits per heavy atom. The third-order valence-corrected chi connectivity index (χ3v) is 7.33. The van der Waals surface area contributed by atoms with Crippen LogP contribution in [-0.2, 0) is 28.9 Å². The number of carbonyl (C=O) groups excluding carboxylic acids is 3. The minimum Gasteiger partial charge on any atom is -0.489 e. The van der Waals surface area contributed by atoms with Crippen molar-refractivity contribution < 1.29 is 32.3 Å². The fourth-order valence-corrected chi connectivity index (χ4v) is 5.43. The smallest absolute Gasteiger partial charge is 0.451 e. The van der Waals surface area contributed by atoms with Gasteiger partial charge in [0.15, 0.2) is 0 Å². The van der Waals surface area contributed by atoms with Crippen LogP contribution in [0.5, 0.6) is 5.75 Å². The van der Waals surface area contributed by atoms with Gasteiger partial charge in [0.1, 0.15) is 17.9 Å². The van der Waals surface area contributed by atoms with Gasteiger partial charge in [0.05, 0.1) is 5.52 Å². The zero-order chi connectivity index (χ0) is 27.3. The van der Waals surface area contributed by atoms with E-state index in [2.05, 4.69) is 20.2 Å². The van der Waals surface area contributed by atoms with Crippen molar-refractivity contribution in [2.45, 2.75) is 50.7 Å². The Labute approximate surface area is 221 Å². The quantitative estimate of drug-likeness (QED) is 0.497. The summed E-state index contributed by atoms with van der Waals surface area (Å²) in [6, 6.07) is 9.79. The third-order valence-electron chi connectivity index (χ3n) is 7.33. The van der Waals surface area contributed by atoms with Crippen molar-refractivity contribution in [1.82, 2.24) is 25.1 Å². The summed E-state index contributed by atoms with van der Waals surface area (Å²) in [5, 5.41) is 2.85. The van der Waals surface area contributed by atoms with Crippen LogP contribution in [0.3, 0.4) is 0 Å². The molecule has 0 radical (unpaired) electrons. The van der Waals surface area contributed by atoms with Gasteiger partial charge in [-0.1, -0.05) is 6.07 Å². The van der Waals surface area contributed by atoms with E-state index in [1.165, 1.54) is 11.1 Å². The van der Waals surface area contributed by atoms with Gasteiger partial charge in [-0.2, -0.15) is 13.2 Å². The number of nitrogens with zero attached hydrogens (tertiary/aromatic N) is 4. The van der Waals surface area contributed by atoms with Crippen LogP contribution in [0.4, 0.5) is 13.2 Å². The maximum atomic E-state index is 12.9. The van der Waals surface area contributed by atoms with Crippen LogP contribution < -0.4 is 10.1 Å². The first kappa shape index (κ1) is 25.2. The number of imide groups is 1. The summed E-state index contributed by atoms with van der Waals surface area (Å²) >= 11 is 0. The van der Waals surface area contributed by atoms with Gasteiger partial charge >= 0.3 is 6.18 Å². The summed E-state index contributed by atoms with van der Waals surface area (Å²) in [7, 11) is 0. The van der Waals surface area contributed by atoms with E-state index < -0.39 is 23.9 Å². The standard InChI is InChI=1S/C27H24F3N5O4/c28-27(29,30)26-31-11-16-9-15(1-4-21(16)32-26)12-34-8-7-19(14-34)39-18-2-3-20-17(10-18)13-35(25(20)38)22-5-6-23(36)33-24(22)37/h1-4,9-11,19,22H,5-8,12-14H2,(H,33,36,37)/t19-,22?/m0/s1. The molecule has 12 heteroatoms. The Bertz CT molecular complexity index is 1490. The summed E-state index contributed by atoms with van der Waals surface area (Å²) in [6.45, 7) is 2.35. The Balaban J connectivity index is 1.07. The Morgan fingerprint density at radius 1 is 1.08 bits per heavy atom. The van der Waals surface area contributed by atoms with Crippen LogP contribution in [0.1, 0.15) is 46.6 Å². The first-order chi connectivity index (χ1) is 18.6. The molecule has 3 aromatic rings. The van der Waals surface area contributed by atoms with Crippen LogP contribution in [0, 0.1) is 0 Å². The van der Waals surface area contributed by atoms with E-state index in [9.17, 15) is 27.6 Å². The lowest BCUT2D eigenvalue weighted by Crippen LogP contribution is -2.52. The lowest BCUT2D eigenvalue weighted by molar-refractivity contribution is -0.144. The first-order valence-corrected chi connectivity index (χ1v) is 12.6. The van der Waals surface area contributed by atoms with Crippen molar-refractivity contribution in [1.29, 1.82) is 0 Å². The number of ether oxygens (including phenoxy) is 1. The van der Waals surface area contributed by atoms with E-state index >= 15 is 0 Å². The highest BCUT2D eigenvalue weighted by molar-refractivity contribution is 6.05. The molecule has 4 heterocycles. The maximum Gasteiger partial charge on any atom is 0.451 e. The normalized spacial score (nSPS) is 21.9. The number of likely N-dealkylation sites (tertiary alicyclic amines) is 1. The Morgan fingerprint density at radius 2 is 1.92 bits per heavy atom. The molecule has 3 aliphatic rings. The molecule has 202 valence electrons. The number of rotatable bonds is 5. The first-order valence-electron chi connectivity index (χ1n) is 12.6. The molecule has 0 aliphatic carbocycles. The third kappa shape index (κ3) is 5.03. The molecule has 0 spiro atoms. The van der Waals surface area contributed by atoms with Crippen LogP contribution >= 0.6 is 0 Å². The second kappa shape index (κ2) is 9.60. The molecule has 1 N–H and O–H groups in total. The van der Waals surface area contributed by atoms with Crippen LogP contribution in [0.15, 0.2) is 42.6 Å². The topological polar surface area (TPSA) is 105 Å². The molecule has 1 aromatic heterocycles. The molecular weight excluding hydrogens is 515 g/mol. The van der Waals surface area contributed by atoms with Crippen LogP contribution in [-0.4, -0.2) is 62.7 Å². The molecule has 2 fully saturated rings. The van der Waals surface area contributed by atoms with E-state index in [4.69, 9.17) is 4.74 Å². The molecule has 3 aliphatic heterocycles. The highest BCUT2D eigenvalue weighted by Crippen LogP contribution is 2.31. The van der Waals surface area contributed by atoms with E-state index in [1.807, 2.05) is 6.07 Å². The average molecular weight is 540 g/mol. The molecule has 0 saturated carbocycles. The fourth-order valence-electron chi connectivity index (χ4n) is 5.43. The SMILES string of the molecule is O=C1CCC(N2Cc3cc(O[C@H]4CCN(Cc5ccc6nc(C(F)(F)F)ncc6c5)C4)ccc3C2=O)C(=O)N1. The molecule has 9 nitrogen and oxygen atoms in total. The Kier molecular flexibility index (Phi) is 6.21. The van der Waals surface area contributed by atoms with Crippen molar-refractivity contribution >= 4 is 28.6 Å². The lowest BCUT2D eigenvalue weighted by atomic mass is 10.0. The van der Waals surface area contributed by atoms with E-state index in [0.717, 1.165) is 24.1 Å².